The van der Waals surface area contributed by atoms with Crippen LogP contribution in [0, 0.1) is 10.1 Å². The molecule has 0 radical (unpaired) electrons. The fraction of sp³-hybridized carbons (Fsp3) is 0.333. The number of amides is 2. The van der Waals surface area contributed by atoms with Crippen LogP contribution in [0.1, 0.15) is 31.4 Å². The number of rotatable bonds is 9. The van der Waals surface area contributed by atoms with Gasteiger partial charge in [0.25, 0.3) is 5.69 Å². The van der Waals surface area contributed by atoms with Crippen LogP contribution in [0.4, 0.5) is 5.69 Å². The zero-order valence-electron chi connectivity index (χ0n) is 16.4. The Hall–Kier alpha value is -2.93. The summed E-state index contributed by atoms with van der Waals surface area (Å²) in [5, 5.41) is 14.6. The third kappa shape index (κ3) is 6.02. The van der Waals surface area contributed by atoms with Gasteiger partial charge in [-0.3, -0.25) is 19.7 Å². The maximum Gasteiger partial charge on any atom is 0.273 e. The Balaban J connectivity index is 2.34. The molecule has 0 saturated carbocycles. The van der Waals surface area contributed by atoms with E-state index in [0.717, 1.165) is 5.56 Å². The van der Waals surface area contributed by atoms with Gasteiger partial charge in [-0.1, -0.05) is 48.9 Å². The van der Waals surface area contributed by atoms with E-state index >= 15 is 0 Å². The summed E-state index contributed by atoms with van der Waals surface area (Å²) in [5.74, 6) is -0.604. The molecule has 2 amide bonds. The predicted molar refractivity (Wildman–Crippen MR) is 112 cm³/mol. The van der Waals surface area contributed by atoms with Gasteiger partial charge in [-0.25, -0.2) is 0 Å². The lowest BCUT2D eigenvalue weighted by atomic mass is 10.1. The lowest BCUT2D eigenvalue weighted by molar-refractivity contribution is -0.385. The first-order valence-electron chi connectivity index (χ1n) is 9.41. The maximum atomic E-state index is 13.2. The number of likely N-dealkylation sites (N-methyl/N-ethyl adjacent to an activating group) is 1. The van der Waals surface area contributed by atoms with Crippen LogP contribution in [0.5, 0.6) is 0 Å². The van der Waals surface area contributed by atoms with Gasteiger partial charge in [-0.2, -0.15) is 0 Å². The Morgan fingerprint density at radius 3 is 2.38 bits per heavy atom. The number of nitrogens with one attached hydrogen (secondary N) is 1. The van der Waals surface area contributed by atoms with Gasteiger partial charge in [0.1, 0.15) is 6.04 Å². The van der Waals surface area contributed by atoms with Crippen molar-refractivity contribution >= 4 is 29.1 Å². The number of nitrogens with zero attached hydrogens (tertiary/aromatic N) is 2. The largest absolute Gasteiger partial charge is 0.355 e. The number of hydrogen-bond donors (Lipinski definition) is 1. The topological polar surface area (TPSA) is 92.6 Å². The van der Waals surface area contributed by atoms with E-state index in [4.69, 9.17) is 11.6 Å². The molecule has 0 saturated heterocycles. The molecule has 0 bridgehead atoms. The van der Waals surface area contributed by atoms with Crippen molar-refractivity contribution in [3.05, 3.63) is 74.8 Å². The van der Waals surface area contributed by atoms with Crippen molar-refractivity contribution in [1.29, 1.82) is 0 Å². The molecule has 2 aromatic carbocycles. The summed E-state index contributed by atoms with van der Waals surface area (Å²) < 4.78 is 0. The van der Waals surface area contributed by atoms with Crippen molar-refractivity contribution < 1.29 is 14.5 Å². The third-order valence-corrected chi connectivity index (χ3v) is 4.79. The summed E-state index contributed by atoms with van der Waals surface area (Å²) in [7, 11) is 0. The first-order chi connectivity index (χ1) is 13.9. The van der Waals surface area contributed by atoms with Crippen molar-refractivity contribution in [2.24, 2.45) is 0 Å². The molecule has 8 heteroatoms. The molecule has 1 N–H and O–H groups in total. The monoisotopic (exact) mass is 417 g/mol. The number of hydrogen-bond acceptors (Lipinski definition) is 4. The van der Waals surface area contributed by atoms with E-state index in [1.165, 1.54) is 11.0 Å². The summed E-state index contributed by atoms with van der Waals surface area (Å²) in [5.41, 5.74) is 1.01. The SMILES string of the molecule is CCNC(=O)C(CC)N(Cc1ccc(Cl)cc1)C(=O)Cc1ccccc1[N+](=O)[O-]. The Kier molecular flexibility index (Phi) is 8.15. The highest BCUT2D eigenvalue weighted by Crippen LogP contribution is 2.21. The molecule has 2 aromatic rings. The Labute approximate surface area is 174 Å². The van der Waals surface area contributed by atoms with Gasteiger partial charge in [0, 0.05) is 29.7 Å². The first kappa shape index (κ1) is 22.4. The van der Waals surface area contributed by atoms with Gasteiger partial charge in [0.05, 0.1) is 11.3 Å². The lowest BCUT2D eigenvalue weighted by Gasteiger charge is -2.30. The molecule has 0 aliphatic heterocycles. The number of benzene rings is 2. The van der Waals surface area contributed by atoms with Gasteiger partial charge in [-0.05, 0) is 31.0 Å². The van der Waals surface area contributed by atoms with Crippen molar-refractivity contribution in [2.75, 3.05) is 6.54 Å². The second-order valence-corrected chi connectivity index (χ2v) is 6.97. The number of carbonyl (C=O) groups excluding carboxylic acids is 2. The van der Waals surface area contributed by atoms with Crippen molar-refractivity contribution in [3.63, 3.8) is 0 Å². The Morgan fingerprint density at radius 1 is 1.14 bits per heavy atom. The van der Waals surface area contributed by atoms with Crippen LogP contribution >= 0.6 is 11.6 Å². The van der Waals surface area contributed by atoms with Gasteiger partial charge in [0.2, 0.25) is 11.8 Å². The molecule has 154 valence electrons. The molecule has 0 spiro atoms. The molecule has 0 fully saturated rings. The van der Waals surface area contributed by atoms with Crippen molar-refractivity contribution in [1.82, 2.24) is 10.2 Å². The number of para-hydroxylation sites is 1. The first-order valence-corrected chi connectivity index (χ1v) is 9.79. The number of nitro groups is 1. The fourth-order valence-corrected chi connectivity index (χ4v) is 3.23. The summed E-state index contributed by atoms with van der Waals surface area (Å²) >= 11 is 5.94. The quantitative estimate of drug-likeness (QED) is 0.497. The van der Waals surface area contributed by atoms with Gasteiger partial charge < -0.3 is 10.2 Å². The average Bonchev–Trinajstić information content (AvgIpc) is 2.69. The van der Waals surface area contributed by atoms with Crippen LogP contribution in [0.2, 0.25) is 5.02 Å². The minimum Gasteiger partial charge on any atom is -0.355 e. The summed E-state index contributed by atoms with van der Waals surface area (Å²) in [4.78, 5) is 38.0. The van der Waals surface area contributed by atoms with E-state index in [-0.39, 0.29) is 30.5 Å². The van der Waals surface area contributed by atoms with Crippen LogP contribution in [0.15, 0.2) is 48.5 Å². The van der Waals surface area contributed by atoms with E-state index in [0.29, 0.717) is 23.6 Å². The molecule has 1 atom stereocenters. The van der Waals surface area contributed by atoms with Crippen LogP contribution in [-0.4, -0.2) is 34.2 Å². The summed E-state index contributed by atoms with van der Waals surface area (Å²) in [6.45, 7) is 4.28. The number of halogens is 1. The Morgan fingerprint density at radius 2 is 1.79 bits per heavy atom. The number of nitro benzene ring substituents is 1. The zero-order chi connectivity index (χ0) is 21.4. The van der Waals surface area contributed by atoms with Crippen LogP contribution in [0.25, 0.3) is 0 Å². The van der Waals surface area contributed by atoms with Crippen LogP contribution in [-0.2, 0) is 22.6 Å². The van der Waals surface area contributed by atoms with Crippen LogP contribution < -0.4 is 5.32 Å². The van der Waals surface area contributed by atoms with Gasteiger partial charge >= 0.3 is 0 Å². The van der Waals surface area contributed by atoms with Crippen LogP contribution in [0.3, 0.4) is 0 Å². The summed E-state index contributed by atoms with van der Waals surface area (Å²) in [6, 6.07) is 12.5. The van der Waals surface area contributed by atoms with Gasteiger partial charge in [-0.15, -0.1) is 0 Å². The molecule has 2 rings (SSSR count). The molecule has 29 heavy (non-hydrogen) atoms. The second kappa shape index (κ2) is 10.6. The molecule has 0 aliphatic carbocycles. The van der Waals surface area contributed by atoms with E-state index in [1.807, 2.05) is 13.8 Å². The third-order valence-electron chi connectivity index (χ3n) is 4.53. The highest BCUT2D eigenvalue weighted by Gasteiger charge is 2.29. The highest BCUT2D eigenvalue weighted by atomic mass is 35.5. The van der Waals surface area contributed by atoms with E-state index in [1.54, 1.807) is 42.5 Å². The lowest BCUT2D eigenvalue weighted by Crippen LogP contribution is -2.49. The van der Waals surface area contributed by atoms with Crippen molar-refractivity contribution in [2.45, 2.75) is 39.3 Å². The highest BCUT2D eigenvalue weighted by molar-refractivity contribution is 6.30. The van der Waals surface area contributed by atoms with E-state index in [2.05, 4.69) is 5.32 Å². The minimum absolute atomic E-state index is 0.113. The predicted octanol–water partition coefficient (Wildman–Crippen LogP) is 3.73. The molecule has 0 heterocycles. The molecule has 0 aliphatic rings. The molecule has 0 aromatic heterocycles. The average molecular weight is 418 g/mol. The molecular weight excluding hydrogens is 394 g/mol. The molecular formula is C21H24ClN3O4. The second-order valence-electron chi connectivity index (χ2n) is 6.53. The van der Waals surface area contributed by atoms with Gasteiger partial charge in [0.15, 0.2) is 0 Å². The fourth-order valence-electron chi connectivity index (χ4n) is 3.10. The Bertz CT molecular complexity index is 870. The van der Waals surface area contributed by atoms with E-state index in [9.17, 15) is 19.7 Å². The van der Waals surface area contributed by atoms with E-state index < -0.39 is 11.0 Å². The standard InChI is InChI=1S/C21H24ClN3O4/c1-3-18(21(27)23-4-2)24(14-15-9-11-17(22)12-10-15)20(26)13-16-7-5-6-8-19(16)25(28)29/h5-12,18H,3-4,13-14H2,1-2H3,(H,23,27). The summed E-state index contributed by atoms with van der Waals surface area (Å²) in [6.07, 6.45) is 0.253. The molecule has 7 nitrogen and oxygen atoms in total. The smallest absolute Gasteiger partial charge is 0.273 e. The van der Waals surface area contributed by atoms with Crippen molar-refractivity contribution in [3.8, 4) is 0 Å². The normalized spacial score (nSPS) is 11.6. The number of carbonyl (C=O) groups is 2. The molecule has 1 unspecified atom stereocenters. The zero-order valence-corrected chi connectivity index (χ0v) is 17.2. The minimum atomic E-state index is -0.680. The maximum absolute atomic E-state index is 13.2.